The van der Waals surface area contributed by atoms with Gasteiger partial charge in [0.2, 0.25) is 11.7 Å². The zero-order valence-electron chi connectivity index (χ0n) is 13.2. The normalized spacial score (nSPS) is 13.9. The molecule has 1 aliphatic rings. The Hall–Kier alpha value is -2.66. The van der Waals surface area contributed by atoms with Gasteiger partial charge in [-0.3, -0.25) is 0 Å². The third-order valence-electron chi connectivity index (χ3n) is 4.09. The molecule has 5 heteroatoms. The van der Waals surface area contributed by atoms with Crippen molar-refractivity contribution in [2.75, 3.05) is 0 Å². The first kappa shape index (κ1) is 14.9. The van der Waals surface area contributed by atoms with Gasteiger partial charge in [0, 0.05) is 11.5 Å². The third-order valence-corrected chi connectivity index (χ3v) is 4.09. The van der Waals surface area contributed by atoms with Crippen molar-refractivity contribution in [3.05, 3.63) is 65.5 Å². The van der Waals surface area contributed by atoms with Crippen LogP contribution in [0, 0.1) is 0 Å². The van der Waals surface area contributed by atoms with Crippen molar-refractivity contribution < 1.29 is 14.4 Å². The lowest BCUT2D eigenvalue weighted by molar-refractivity contribution is 0.281. The van der Waals surface area contributed by atoms with Gasteiger partial charge in [0.25, 0.3) is 0 Å². The van der Waals surface area contributed by atoms with Crippen LogP contribution in [0.25, 0.3) is 11.4 Å². The van der Waals surface area contributed by atoms with Crippen LogP contribution in [0.5, 0.6) is 5.75 Å². The summed E-state index contributed by atoms with van der Waals surface area (Å²) in [5.41, 5.74) is 2.88. The highest BCUT2D eigenvalue weighted by Crippen LogP contribution is 2.39. The molecule has 24 heavy (non-hydrogen) atoms. The molecule has 122 valence electrons. The molecule has 1 aromatic heterocycles. The van der Waals surface area contributed by atoms with E-state index in [-0.39, 0.29) is 6.61 Å². The van der Waals surface area contributed by atoms with Crippen molar-refractivity contribution in [3.8, 4) is 17.1 Å². The molecule has 0 aliphatic heterocycles. The standard InChI is InChI=1S/C19H18N2O3/c22-11-13-1-3-14(4-2-13)12-23-17-9-7-15(8-10-17)18-20-19(24-21-18)16-5-6-16/h1-4,7-10,16,22H,5-6,11-12H2. The first-order valence-electron chi connectivity index (χ1n) is 8.07. The maximum absolute atomic E-state index is 9.04. The van der Waals surface area contributed by atoms with E-state index in [0.717, 1.165) is 41.2 Å². The lowest BCUT2D eigenvalue weighted by Crippen LogP contribution is -1.96. The van der Waals surface area contributed by atoms with Gasteiger partial charge in [0.15, 0.2) is 0 Å². The number of aliphatic hydroxyl groups excluding tert-OH is 1. The highest BCUT2D eigenvalue weighted by molar-refractivity contribution is 5.55. The molecule has 0 amide bonds. The van der Waals surface area contributed by atoms with Crippen LogP contribution in [0.1, 0.15) is 35.8 Å². The molecule has 1 aliphatic carbocycles. The molecule has 1 fully saturated rings. The number of benzene rings is 2. The van der Waals surface area contributed by atoms with Gasteiger partial charge in [-0.25, -0.2) is 0 Å². The van der Waals surface area contributed by atoms with Crippen molar-refractivity contribution >= 4 is 0 Å². The zero-order chi connectivity index (χ0) is 16.4. The van der Waals surface area contributed by atoms with E-state index in [1.807, 2.05) is 48.5 Å². The van der Waals surface area contributed by atoms with Crippen molar-refractivity contribution in [1.29, 1.82) is 0 Å². The van der Waals surface area contributed by atoms with E-state index < -0.39 is 0 Å². The van der Waals surface area contributed by atoms with Gasteiger partial charge in [-0.15, -0.1) is 0 Å². The van der Waals surface area contributed by atoms with Gasteiger partial charge >= 0.3 is 0 Å². The van der Waals surface area contributed by atoms with Gasteiger partial charge in [-0.2, -0.15) is 4.98 Å². The predicted octanol–water partition coefficient (Wildman–Crippen LogP) is 3.69. The van der Waals surface area contributed by atoms with E-state index in [0.29, 0.717) is 18.3 Å². The summed E-state index contributed by atoms with van der Waals surface area (Å²) < 4.78 is 11.1. The Balaban J connectivity index is 1.39. The van der Waals surface area contributed by atoms with Gasteiger partial charge < -0.3 is 14.4 Å². The second kappa shape index (κ2) is 6.45. The van der Waals surface area contributed by atoms with Crippen LogP contribution in [0.2, 0.25) is 0 Å². The van der Waals surface area contributed by atoms with Crippen molar-refractivity contribution in [2.45, 2.75) is 32.0 Å². The second-order valence-corrected chi connectivity index (χ2v) is 6.02. The Morgan fingerprint density at radius 3 is 2.38 bits per heavy atom. The van der Waals surface area contributed by atoms with Gasteiger partial charge in [0.05, 0.1) is 6.61 Å². The van der Waals surface area contributed by atoms with Crippen molar-refractivity contribution in [1.82, 2.24) is 10.1 Å². The molecule has 0 radical (unpaired) electrons. The maximum Gasteiger partial charge on any atom is 0.230 e. The van der Waals surface area contributed by atoms with Gasteiger partial charge in [-0.05, 0) is 48.2 Å². The van der Waals surface area contributed by atoms with Crippen LogP contribution in [0.15, 0.2) is 53.1 Å². The molecular weight excluding hydrogens is 304 g/mol. The summed E-state index contributed by atoms with van der Waals surface area (Å²) in [5.74, 6) is 2.63. The molecule has 2 aromatic carbocycles. The smallest absolute Gasteiger partial charge is 0.230 e. The molecule has 0 bridgehead atoms. The summed E-state index contributed by atoms with van der Waals surface area (Å²) in [5, 5.41) is 13.1. The first-order chi connectivity index (χ1) is 11.8. The van der Waals surface area contributed by atoms with Gasteiger partial charge in [0.1, 0.15) is 12.4 Å². The Bertz CT molecular complexity index is 805. The minimum absolute atomic E-state index is 0.0567. The highest BCUT2D eigenvalue weighted by Gasteiger charge is 2.29. The molecule has 4 rings (SSSR count). The van der Waals surface area contributed by atoms with E-state index in [2.05, 4.69) is 10.1 Å². The van der Waals surface area contributed by atoms with E-state index in [9.17, 15) is 0 Å². The Labute approximate surface area is 139 Å². The molecule has 0 unspecified atom stereocenters. The highest BCUT2D eigenvalue weighted by atomic mass is 16.5. The van der Waals surface area contributed by atoms with Gasteiger partial charge in [-0.1, -0.05) is 29.4 Å². The average molecular weight is 322 g/mol. The zero-order valence-corrected chi connectivity index (χ0v) is 13.2. The van der Waals surface area contributed by atoms with E-state index in [1.165, 1.54) is 0 Å². The predicted molar refractivity (Wildman–Crippen MR) is 88.4 cm³/mol. The summed E-state index contributed by atoms with van der Waals surface area (Å²) in [6, 6.07) is 15.4. The number of aliphatic hydroxyl groups is 1. The number of hydrogen-bond acceptors (Lipinski definition) is 5. The van der Waals surface area contributed by atoms with E-state index >= 15 is 0 Å². The molecule has 1 saturated carbocycles. The topological polar surface area (TPSA) is 68.4 Å². The summed E-state index contributed by atoms with van der Waals surface area (Å²) in [4.78, 5) is 4.44. The maximum atomic E-state index is 9.04. The monoisotopic (exact) mass is 322 g/mol. The van der Waals surface area contributed by atoms with E-state index in [1.54, 1.807) is 0 Å². The van der Waals surface area contributed by atoms with Crippen LogP contribution < -0.4 is 4.74 Å². The SMILES string of the molecule is OCc1ccc(COc2ccc(-c3noc(C4CC4)n3)cc2)cc1. The van der Waals surface area contributed by atoms with E-state index in [4.69, 9.17) is 14.4 Å². The summed E-state index contributed by atoms with van der Waals surface area (Å²) in [6.07, 6.45) is 2.29. The molecule has 0 saturated heterocycles. The van der Waals surface area contributed by atoms with Crippen molar-refractivity contribution in [2.24, 2.45) is 0 Å². The summed E-state index contributed by atoms with van der Waals surface area (Å²) >= 11 is 0. The number of aromatic nitrogens is 2. The minimum atomic E-state index is 0.0567. The number of ether oxygens (including phenoxy) is 1. The fourth-order valence-electron chi connectivity index (χ4n) is 2.46. The Morgan fingerprint density at radius 2 is 1.71 bits per heavy atom. The number of rotatable bonds is 6. The molecule has 1 N–H and O–H groups in total. The van der Waals surface area contributed by atoms with Crippen LogP contribution >= 0.6 is 0 Å². The average Bonchev–Trinajstić information content (AvgIpc) is 3.38. The molecule has 3 aromatic rings. The van der Waals surface area contributed by atoms with Crippen LogP contribution in [0.3, 0.4) is 0 Å². The first-order valence-corrected chi connectivity index (χ1v) is 8.07. The van der Waals surface area contributed by atoms with Crippen LogP contribution in [0.4, 0.5) is 0 Å². The molecule has 0 spiro atoms. The number of hydrogen-bond donors (Lipinski definition) is 1. The Kier molecular flexibility index (Phi) is 4.01. The molecule has 0 atom stereocenters. The lowest BCUT2D eigenvalue weighted by Gasteiger charge is -2.07. The third kappa shape index (κ3) is 3.31. The van der Waals surface area contributed by atoms with Crippen LogP contribution in [-0.4, -0.2) is 15.2 Å². The number of nitrogens with zero attached hydrogens (tertiary/aromatic N) is 2. The minimum Gasteiger partial charge on any atom is -0.489 e. The second-order valence-electron chi connectivity index (χ2n) is 6.02. The lowest BCUT2D eigenvalue weighted by atomic mass is 10.1. The Morgan fingerprint density at radius 1 is 1.00 bits per heavy atom. The fraction of sp³-hybridized carbons (Fsp3) is 0.263. The summed E-state index contributed by atoms with van der Waals surface area (Å²) in [7, 11) is 0. The molecule has 5 nitrogen and oxygen atoms in total. The molecule has 1 heterocycles. The quantitative estimate of drug-likeness (QED) is 0.749. The molecular formula is C19H18N2O3. The van der Waals surface area contributed by atoms with Crippen LogP contribution in [-0.2, 0) is 13.2 Å². The van der Waals surface area contributed by atoms with Crippen molar-refractivity contribution in [3.63, 3.8) is 0 Å². The fourth-order valence-corrected chi connectivity index (χ4v) is 2.46. The largest absolute Gasteiger partial charge is 0.489 e. The summed E-state index contributed by atoms with van der Waals surface area (Å²) in [6.45, 7) is 0.542.